The number of anilines is 1. The third-order valence-electron chi connectivity index (χ3n) is 3.63. The van der Waals surface area contributed by atoms with Crippen LogP contribution in [0.1, 0.15) is 11.4 Å². The Balaban J connectivity index is 2.33. The van der Waals surface area contributed by atoms with E-state index in [1.54, 1.807) is 18.2 Å². The number of nitrogens with two attached hydrogens (primary N) is 1. The smallest absolute Gasteiger partial charge is 0.490 e. The van der Waals surface area contributed by atoms with Crippen LogP contribution >= 0.6 is 0 Å². The Hall–Kier alpha value is -2.81. The number of aromatic nitrogens is 2. The van der Waals surface area contributed by atoms with Crippen molar-refractivity contribution in [2.75, 3.05) is 12.8 Å². The molecule has 9 heteroatoms. The molecule has 0 spiro atoms. The van der Waals surface area contributed by atoms with Crippen LogP contribution in [0.4, 0.5) is 18.9 Å². The fourth-order valence-corrected chi connectivity index (χ4v) is 3.04. The maximum absolute atomic E-state index is 13.6. The highest BCUT2D eigenvalue weighted by molar-refractivity contribution is 7.67. The summed E-state index contributed by atoms with van der Waals surface area (Å²) in [6.07, 6.45) is -4.75. The van der Waals surface area contributed by atoms with Crippen molar-refractivity contribution >= 4 is 32.8 Å². The van der Waals surface area contributed by atoms with E-state index in [2.05, 4.69) is 4.98 Å². The predicted octanol–water partition coefficient (Wildman–Crippen LogP) is 2.89. The molecule has 0 bridgehead atoms. The van der Waals surface area contributed by atoms with Crippen molar-refractivity contribution in [3.05, 3.63) is 53.9 Å². The summed E-state index contributed by atoms with van der Waals surface area (Å²) in [5.41, 5.74) is 6.14. The van der Waals surface area contributed by atoms with Crippen molar-refractivity contribution in [1.29, 1.82) is 0 Å². The van der Waals surface area contributed by atoms with Crippen LogP contribution in [0.3, 0.4) is 0 Å². The average molecular weight is 367 g/mol. The monoisotopic (exact) mass is 367 g/mol. The van der Waals surface area contributed by atoms with Gasteiger partial charge in [-0.15, -0.1) is 13.2 Å². The number of rotatable bonds is 3. The quantitative estimate of drug-likeness (QED) is 0.439. The van der Waals surface area contributed by atoms with Gasteiger partial charge < -0.3 is 10.5 Å². The molecule has 0 aliphatic carbocycles. The van der Waals surface area contributed by atoms with Crippen LogP contribution in [0.15, 0.2) is 42.5 Å². The molecule has 0 amide bonds. The van der Waals surface area contributed by atoms with Gasteiger partial charge in [0, 0.05) is 5.56 Å². The van der Waals surface area contributed by atoms with E-state index < -0.39 is 12.1 Å². The largest absolute Gasteiger partial charge is 0.495 e. The molecule has 0 fully saturated rings. The number of halogens is 3. The van der Waals surface area contributed by atoms with E-state index in [0.717, 1.165) is 0 Å². The van der Waals surface area contributed by atoms with Crippen molar-refractivity contribution in [2.24, 2.45) is 0 Å². The molecule has 0 saturated heterocycles. The van der Waals surface area contributed by atoms with Crippen LogP contribution in [0, 0.1) is 0 Å². The molecule has 3 aromatic rings. The van der Waals surface area contributed by atoms with Crippen molar-refractivity contribution in [2.45, 2.75) is 6.30 Å². The molecule has 1 aromatic heterocycles. The van der Waals surface area contributed by atoms with Gasteiger partial charge in [-0.2, -0.15) is 0 Å². The lowest BCUT2D eigenvalue weighted by Gasteiger charge is -2.14. The van der Waals surface area contributed by atoms with Crippen molar-refractivity contribution < 1.29 is 22.1 Å². The lowest BCUT2D eigenvalue weighted by Crippen LogP contribution is -2.23. The van der Waals surface area contributed by atoms with E-state index in [4.69, 9.17) is 10.5 Å². The molecule has 1 heterocycles. The Labute approximate surface area is 143 Å². The first-order valence-corrected chi connectivity index (χ1v) is 7.77. The molecular weight excluding hydrogens is 355 g/mol. The molecule has 25 heavy (non-hydrogen) atoms. The van der Waals surface area contributed by atoms with E-state index in [1.165, 1.54) is 31.4 Å². The molecule has 0 unspecified atom stereocenters. The number of methoxy groups -OCH3 is 1. The number of alkyl halides is 3. The number of ether oxygens (including phenoxy) is 1. The Morgan fingerprint density at radius 3 is 2.56 bits per heavy atom. The molecule has 2 N–H and O–H groups in total. The number of nitrogens with zero attached hydrogens (tertiary/aromatic N) is 2. The van der Waals surface area contributed by atoms with Crippen LogP contribution in [0.25, 0.3) is 11.0 Å². The van der Waals surface area contributed by atoms with Crippen LogP contribution in [-0.4, -0.2) is 25.7 Å². The Kier molecular flexibility index (Phi) is 4.25. The zero-order valence-electron chi connectivity index (χ0n) is 12.9. The minimum atomic E-state index is -4.75. The van der Waals surface area contributed by atoms with E-state index >= 15 is 0 Å². The van der Waals surface area contributed by atoms with Crippen LogP contribution in [-0.2, 0) is 17.6 Å². The number of nitrogen functional groups attached to an aromatic ring is 1. The van der Waals surface area contributed by atoms with Gasteiger partial charge in [0.1, 0.15) is 21.9 Å². The lowest BCUT2D eigenvalue weighted by atomic mass is 10.1. The molecule has 0 atom stereocenters. The van der Waals surface area contributed by atoms with E-state index in [-0.39, 0.29) is 48.7 Å². The van der Waals surface area contributed by atoms with Crippen molar-refractivity contribution in [3.63, 3.8) is 0 Å². The van der Waals surface area contributed by atoms with Gasteiger partial charge in [-0.1, -0.05) is 24.3 Å². The van der Waals surface area contributed by atoms with Gasteiger partial charge in [-0.05, 0) is 18.2 Å². The number of hydrogen-bond donors (Lipinski definition) is 1. The number of imidazole rings is 1. The summed E-state index contributed by atoms with van der Waals surface area (Å²) in [4.78, 5) is 3.78. The standard InChI is InChI=1S/C16H12F3N3O2S/c1-24-12-8-4-5-9(13(12)20)14(25-23)15-21-10-6-2-3-7-11(10)22(15)16(17,18)19/h2-8H,20H2,1H3. The van der Waals surface area contributed by atoms with E-state index in [0.29, 0.717) is 0 Å². The third kappa shape index (κ3) is 2.86. The second kappa shape index (κ2) is 6.25. The first-order valence-electron chi connectivity index (χ1n) is 7.03. The maximum atomic E-state index is 13.6. The summed E-state index contributed by atoms with van der Waals surface area (Å²) < 4.78 is 57.7. The van der Waals surface area contributed by atoms with Gasteiger partial charge in [0.25, 0.3) is 0 Å². The summed E-state index contributed by atoms with van der Waals surface area (Å²) in [5.74, 6) is -0.243. The first-order chi connectivity index (χ1) is 11.9. The van der Waals surface area contributed by atoms with Crippen LogP contribution < -0.4 is 10.5 Å². The summed E-state index contributed by atoms with van der Waals surface area (Å²) in [6, 6.07) is 10.3. The second-order valence-corrected chi connectivity index (χ2v) is 5.64. The van der Waals surface area contributed by atoms with Crippen molar-refractivity contribution in [1.82, 2.24) is 9.55 Å². The van der Waals surface area contributed by atoms with Gasteiger partial charge in [0.2, 0.25) is 0 Å². The molecular formula is C16H12F3N3O2S. The fraction of sp³-hybridized carbons (Fsp3) is 0.125. The van der Waals surface area contributed by atoms with Crippen LogP contribution in [0.2, 0.25) is 0 Å². The highest BCUT2D eigenvalue weighted by Crippen LogP contribution is 2.33. The van der Waals surface area contributed by atoms with Gasteiger partial charge in [0.05, 0.1) is 23.8 Å². The van der Waals surface area contributed by atoms with Gasteiger partial charge in [0.15, 0.2) is 5.82 Å². The molecule has 0 saturated carbocycles. The molecule has 2 aromatic carbocycles. The lowest BCUT2D eigenvalue weighted by molar-refractivity contribution is -0.201. The molecule has 5 nitrogen and oxygen atoms in total. The second-order valence-electron chi connectivity index (χ2n) is 5.06. The summed E-state index contributed by atoms with van der Waals surface area (Å²) in [6.45, 7) is 0. The first kappa shape index (κ1) is 17.0. The Bertz CT molecular complexity index is 1010. The highest BCUT2D eigenvalue weighted by atomic mass is 32.1. The number of para-hydroxylation sites is 3. The summed E-state index contributed by atoms with van der Waals surface area (Å²) in [5, 5.41) is 0. The molecule has 130 valence electrons. The van der Waals surface area contributed by atoms with Gasteiger partial charge in [-0.3, -0.25) is 0 Å². The number of benzene rings is 2. The Morgan fingerprint density at radius 1 is 1.20 bits per heavy atom. The van der Waals surface area contributed by atoms with Crippen LogP contribution in [0.5, 0.6) is 5.75 Å². The van der Waals surface area contributed by atoms with Gasteiger partial charge in [-0.25, -0.2) is 13.8 Å². The average Bonchev–Trinajstić information content (AvgIpc) is 2.96. The minimum Gasteiger partial charge on any atom is -0.495 e. The Morgan fingerprint density at radius 2 is 1.92 bits per heavy atom. The number of fused-ring (bicyclic) bond motifs is 1. The zero-order chi connectivity index (χ0) is 18.2. The molecule has 0 aliphatic heterocycles. The fourth-order valence-electron chi connectivity index (χ4n) is 2.56. The third-order valence-corrected chi connectivity index (χ3v) is 4.20. The topological polar surface area (TPSA) is 70.1 Å². The van der Waals surface area contributed by atoms with Crippen molar-refractivity contribution in [3.8, 4) is 5.75 Å². The van der Waals surface area contributed by atoms with E-state index in [1.807, 2.05) is 0 Å². The minimum absolute atomic E-state index is 0.0733. The zero-order valence-corrected chi connectivity index (χ0v) is 13.7. The normalized spacial score (nSPS) is 11.5. The SMILES string of the molecule is COc1cccc(C(=S=O)c2nc3ccccc3n2C(F)(F)F)c1N. The highest BCUT2D eigenvalue weighted by Gasteiger charge is 2.37. The number of hydrogen-bond acceptors (Lipinski definition) is 4. The summed E-state index contributed by atoms with van der Waals surface area (Å²) >= 11 is -0.0972. The maximum Gasteiger partial charge on any atom is 0.490 e. The summed E-state index contributed by atoms with van der Waals surface area (Å²) in [7, 11) is 1.38. The molecule has 0 aliphatic rings. The predicted molar refractivity (Wildman–Crippen MR) is 89.8 cm³/mol. The molecule has 0 radical (unpaired) electrons. The van der Waals surface area contributed by atoms with Gasteiger partial charge >= 0.3 is 6.30 Å². The van der Waals surface area contributed by atoms with E-state index in [9.17, 15) is 17.4 Å². The molecule has 3 rings (SSSR count).